The maximum Gasteiger partial charge on any atom is 0.0271 e. The summed E-state index contributed by atoms with van der Waals surface area (Å²) < 4.78 is 0. The number of nitrogens with one attached hydrogen (secondary N) is 2. The molecule has 0 amide bonds. The van der Waals surface area contributed by atoms with Crippen molar-refractivity contribution < 1.29 is 0 Å². The van der Waals surface area contributed by atoms with Crippen LogP contribution in [0.1, 0.15) is 142 Å². The smallest absolute Gasteiger partial charge is 0.0271 e. The fraction of sp³-hybridized carbons (Fsp3) is 0.806. The summed E-state index contributed by atoms with van der Waals surface area (Å²) in [5, 5.41) is 6.87. The van der Waals surface area contributed by atoms with Crippen molar-refractivity contribution in [2.24, 2.45) is 0 Å². The van der Waals surface area contributed by atoms with Crippen LogP contribution in [0.3, 0.4) is 0 Å². The molecular weight excluding hydrogens is 400 g/mol. The average molecular weight is 461 g/mol. The van der Waals surface area contributed by atoms with Crippen molar-refractivity contribution in [1.29, 1.82) is 0 Å². The highest BCUT2D eigenvalue weighted by atomic mass is 14.9. The zero-order chi connectivity index (χ0) is 24.6. The van der Waals surface area contributed by atoms with Gasteiger partial charge in [-0.2, -0.15) is 0 Å². The molecule has 0 aliphatic carbocycles. The van der Waals surface area contributed by atoms with E-state index >= 15 is 0 Å². The van der Waals surface area contributed by atoms with E-state index in [1.165, 1.54) is 126 Å². The summed E-state index contributed by atoms with van der Waals surface area (Å²) >= 11 is 0. The number of rotatable bonds is 26. The van der Waals surface area contributed by atoms with Crippen molar-refractivity contribution in [3.8, 4) is 0 Å². The molecule has 0 radical (unpaired) electrons. The molecule has 0 spiro atoms. The second-order valence-electron chi connectivity index (χ2n) is 10.3. The third kappa shape index (κ3) is 22.5. The molecule has 1 atom stereocenters. The van der Waals surface area contributed by atoms with Crippen LogP contribution in [0.5, 0.6) is 0 Å². The molecule has 33 heavy (non-hydrogen) atoms. The Morgan fingerprint density at radius 2 is 1.12 bits per heavy atom. The van der Waals surface area contributed by atoms with E-state index in [-0.39, 0.29) is 0 Å². The minimum absolute atomic E-state index is 0.471. The van der Waals surface area contributed by atoms with Crippen LogP contribution in [-0.2, 0) is 0 Å². The first kappa shape index (κ1) is 32.0. The molecule has 0 saturated heterocycles. The van der Waals surface area contributed by atoms with Gasteiger partial charge in [-0.3, -0.25) is 0 Å². The SMILES string of the molecule is C=C(CCCCCC(NC)C(=C)C)CCNC(=C)CCCCCCCCCCCCCCC. The average Bonchev–Trinajstić information content (AvgIpc) is 2.79. The van der Waals surface area contributed by atoms with E-state index in [9.17, 15) is 0 Å². The Morgan fingerprint density at radius 3 is 1.64 bits per heavy atom. The maximum atomic E-state index is 4.27. The van der Waals surface area contributed by atoms with Crippen LogP contribution in [0.15, 0.2) is 36.6 Å². The van der Waals surface area contributed by atoms with Crippen LogP contribution in [0.4, 0.5) is 0 Å². The molecular formula is C31H60N2. The third-order valence-corrected chi connectivity index (χ3v) is 6.90. The standard InChI is InChI=1S/C31H60N2/c1-7-8-9-10-11-12-13-14-15-16-17-18-21-24-30(5)33-27-26-29(4)23-20-19-22-25-31(32-6)28(2)3/h31-33H,2,4-5,7-27H2,1,3,6H3. The highest BCUT2D eigenvalue weighted by Gasteiger charge is 2.05. The van der Waals surface area contributed by atoms with E-state index in [1.807, 2.05) is 7.05 Å². The summed E-state index contributed by atoms with van der Waals surface area (Å²) in [6.45, 7) is 18.0. The summed E-state index contributed by atoms with van der Waals surface area (Å²) in [5.74, 6) is 0. The molecule has 0 aromatic rings. The molecule has 0 heterocycles. The summed E-state index contributed by atoms with van der Waals surface area (Å²) in [6, 6.07) is 0.471. The van der Waals surface area contributed by atoms with Crippen molar-refractivity contribution in [3.63, 3.8) is 0 Å². The fourth-order valence-electron chi connectivity index (χ4n) is 4.52. The lowest BCUT2D eigenvalue weighted by Gasteiger charge is -2.15. The van der Waals surface area contributed by atoms with Crippen molar-refractivity contribution in [1.82, 2.24) is 10.6 Å². The van der Waals surface area contributed by atoms with Gasteiger partial charge in [0.2, 0.25) is 0 Å². The predicted molar refractivity (Wildman–Crippen MR) is 152 cm³/mol. The molecule has 0 aliphatic heterocycles. The summed E-state index contributed by atoms with van der Waals surface area (Å²) in [5.41, 5.74) is 3.83. The Kier molecular flexibility index (Phi) is 23.4. The summed E-state index contributed by atoms with van der Waals surface area (Å²) in [4.78, 5) is 0. The van der Waals surface area contributed by atoms with E-state index in [1.54, 1.807) is 0 Å². The van der Waals surface area contributed by atoms with E-state index in [0.717, 1.165) is 25.8 Å². The first-order chi connectivity index (χ1) is 16.0. The first-order valence-corrected chi connectivity index (χ1v) is 14.4. The zero-order valence-electron chi connectivity index (χ0n) is 23.0. The maximum absolute atomic E-state index is 4.27. The minimum atomic E-state index is 0.471. The van der Waals surface area contributed by atoms with Gasteiger partial charge in [-0.25, -0.2) is 0 Å². The van der Waals surface area contributed by atoms with Crippen LogP contribution < -0.4 is 10.6 Å². The largest absolute Gasteiger partial charge is 0.388 e. The number of hydrogen-bond acceptors (Lipinski definition) is 2. The van der Waals surface area contributed by atoms with Gasteiger partial charge in [0, 0.05) is 18.3 Å². The second kappa shape index (κ2) is 24.1. The fourth-order valence-corrected chi connectivity index (χ4v) is 4.52. The van der Waals surface area contributed by atoms with Crippen molar-refractivity contribution in [2.45, 2.75) is 148 Å². The molecule has 2 nitrogen and oxygen atoms in total. The van der Waals surface area contributed by atoms with Gasteiger partial charge in [-0.05, 0) is 52.5 Å². The Bertz CT molecular complexity index is 479. The van der Waals surface area contributed by atoms with Gasteiger partial charge in [0.05, 0.1) is 0 Å². The monoisotopic (exact) mass is 460 g/mol. The topological polar surface area (TPSA) is 24.1 Å². The quantitative estimate of drug-likeness (QED) is 0.0991. The predicted octanol–water partition coefficient (Wildman–Crippen LogP) is 9.63. The van der Waals surface area contributed by atoms with Gasteiger partial charge in [0.25, 0.3) is 0 Å². The third-order valence-electron chi connectivity index (χ3n) is 6.90. The molecule has 194 valence electrons. The van der Waals surface area contributed by atoms with E-state index in [0.29, 0.717) is 6.04 Å². The first-order valence-electron chi connectivity index (χ1n) is 14.4. The van der Waals surface area contributed by atoms with Crippen LogP contribution in [-0.4, -0.2) is 19.6 Å². The van der Waals surface area contributed by atoms with Crippen LogP contribution in [0.2, 0.25) is 0 Å². The summed E-state index contributed by atoms with van der Waals surface area (Å²) in [6.07, 6.45) is 26.7. The molecule has 0 bridgehead atoms. The summed E-state index contributed by atoms with van der Waals surface area (Å²) in [7, 11) is 2.03. The lowest BCUT2D eigenvalue weighted by atomic mass is 10.0. The Hall–Kier alpha value is -1.02. The normalized spacial score (nSPS) is 12.0. The number of unbranched alkanes of at least 4 members (excludes halogenated alkanes) is 14. The van der Waals surface area contributed by atoms with E-state index < -0.39 is 0 Å². The van der Waals surface area contributed by atoms with Crippen LogP contribution >= 0.6 is 0 Å². The molecule has 0 aromatic carbocycles. The molecule has 0 saturated carbocycles. The van der Waals surface area contributed by atoms with Gasteiger partial charge >= 0.3 is 0 Å². The van der Waals surface area contributed by atoms with Gasteiger partial charge in [0.1, 0.15) is 0 Å². The molecule has 0 fully saturated rings. The minimum Gasteiger partial charge on any atom is -0.388 e. The zero-order valence-corrected chi connectivity index (χ0v) is 23.0. The van der Waals surface area contributed by atoms with Crippen molar-refractivity contribution >= 4 is 0 Å². The number of likely N-dealkylation sites (N-methyl/N-ethyl adjacent to an activating group) is 1. The second-order valence-corrected chi connectivity index (χ2v) is 10.3. The van der Waals surface area contributed by atoms with E-state index in [4.69, 9.17) is 0 Å². The van der Waals surface area contributed by atoms with Crippen molar-refractivity contribution in [3.05, 3.63) is 36.6 Å². The van der Waals surface area contributed by atoms with Gasteiger partial charge < -0.3 is 10.6 Å². The molecule has 0 rings (SSSR count). The highest BCUT2D eigenvalue weighted by Crippen LogP contribution is 2.15. The van der Waals surface area contributed by atoms with Crippen molar-refractivity contribution in [2.75, 3.05) is 13.6 Å². The number of hydrogen-bond donors (Lipinski definition) is 2. The highest BCUT2D eigenvalue weighted by molar-refractivity contribution is 5.01. The molecule has 2 N–H and O–H groups in total. The van der Waals surface area contributed by atoms with E-state index in [2.05, 4.69) is 44.2 Å². The van der Waals surface area contributed by atoms with Gasteiger partial charge in [0.15, 0.2) is 0 Å². The van der Waals surface area contributed by atoms with Crippen LogP contribution in [0, 0.1) is 0 Å². The van der Waals surface area contributed by atoms with Gasteiger partial charge in [-0.15, -0.1) is 0 Å². The molecule has 1 unspecified atom stereocenters. The molecule has 0 aromatic heterocycles. The Balaban J connectivity index is 3.40. The lowest BCUT2D eigenvalue weighted by Crippen LogP contribution is -2.25. The van der Waals surface area contributed by atoms with Gasteiger partial charge in [-0.1, -0.05) is 128 Å². The lowest BCUT2D eigenvalue weighted by molar-refractivity contribution is 0.534. The molecule has 2 heteroatoms. The van der Waals surface area contributed by atoms with Crippen LogP contribution in [0.25, 0.3) is 0 Å². The molecule has 0 aliphatic rings. The Labute approximate surface area is 209 Å². The number of allylic oxidation sites excluding steroid dienone is 1. The Morgan fingerprint density at radius 1 is 0.636 bits per heavy atom.